The van der Waals surface area contributed by atoms with E-state index in [-0.39, 0.29) is 18.5 Å². The molecule has 8 heteroatoms. The number of amides is 2. The molecular weight excluding hydrogens is 464 g/mol. The number of benzene rings is 3. The van der Waals surface area contributed by atoms with E-state index in [2.05, 4.69) is 15.6 Å². The highest BCUT2D eigenvalue weighted by atomic mass is 19.1. The van der Waals surface area contributed by atoms with Crippen LogP contribution in [0, 0.1) is 11.6 Å². The second-order valence-corrected chi connectivity index (χ2v) is 8.74. The largest absolute Gasteiger partial charge is 0.433 e. The summed E-state index contributed by atoms with van der Waals surface area (Å²) in [4.78, 5) is 29.1. The van der Waals surface area contributed by atoms with Crippen LogP contribution in [0.5, 0.6) is 0 Å². The number of rotatable bonds is 9. The van der Waals surface area contributed by atoms with Gasteiger partial charge < -0.3 is 20.4 Å². The van der Waals surface area contributed by atoms with Crippen LogP contribution in [0.1, 0.15) is 23.6 Å². The highest BCUT2D eigenvalue weighted by Crippen LogP contribution is 2.25. The van der Waals surface area contributed by atoms with E-state index in [1.807, 2.05) is 54.6 Å². The SMILES string of the molecule is C[C@@](Cc1c[nH]c2ccccc12)(OC(=O)NCc1ccc(F)cc1F)C(=O)NCCc1ccccc1. The van der Waals surface area contributed by atoms with Crippen LogP contribution >= 0.6 is 0 Å². The van der Waals surface area contributed by atoms with Crippen LogP contribution in [0.3, 0.4) is 0 Å². The van der Waals surface area contributed by atoms with Gasteiger partial charge in [-0.3, -0.25) is 4.79 Å². The van der Waals surface area contributed by atoms with E-state index in [9.17, 15) is 18.4 Å². The zero-order chi connectivity index (χ0) is 25.5. The van der Waals surface area contributed by atoms with Gasteiger partial charge in [-0.2, -0.15) is 0 Å². The van der Waals surface area contributed by atoms with E-state index in [1.165, 1.54) is 6.07 Å². The molecule has 1 heterocycles. The summed E-state index contributed by atoms with van der Waals surface area (Å²) in [6.45, 7) is 1.69. The second kappa shape index (κ2) is 11.0. The van der Waals surface area contributed by atoms with Crippen LogP contribution in [0.2, 0.25) is 0 Å². The molecule has 36 heavy (non-hydrogen) atoms. The minimum absolute atomic E-state index is 0.0963. The normalized spacial score (nSPS) is 12.6. The summed E-state index contributed by atoms with van der Waals surface area (Å²) in [6, 6.07) is 20.4. The molecule has 4 aromatic rings. The molecule has 0 radical (unpaired) electrons. The third-order valence-electron chi connectivity index (χ3n) is 5.98. The number of hydrogen-bond donors (Lipinski definition) is 3. The van der Waals surface area contributed by atoms with Crippen molar-refractivity contribution in [3.05, 3.63) is 107 Å². The second-order valence-electron chi connectivity index (χ2n) is 8.74. The summed E-state index contributed by atoms with van der Waals surface area (Å²) in [5, 5.41) is 6.24. The molecule has 0 aliphatic carbocycles. The number of halogens is 2. The van der Waals surface area contributed by atoms with E-state index >= 15 is 0 Å². The third kappa shape index (κ3) is 6.07. The highest BCUT2D eigenvalue weighted by Gasteiger charge is 2.38. The molecule has 186 valence electrons. The first-order chi connectivity index (χ1) is 17.3. The van der Waals surface area contributed by atoms with Crippen molar-refractivity contribution < 1.29 is 23.1 Å². The molecule has 0 fully saturated rings. The molecule has 0 saturated heterocycles. The third-order valence-corrected chi connectivity index (χ3v) is 5.98. The number of hydrogen-bond acceptors (Lipinski definition) is 3. The Balaban J connectivity index is 1.47. The fourth-order valence-electron chi connectivity index (χ4n) is 4.03. The van der Waals surface area contributed by atoms with E-state index in [0.29, 0.717) is 13.0 Å². The van der Waals surface area contributed by atoms with Crippen LogP contribution in [0.25, 0.3) is 10.9 Å². The maximum atomic E-state index is 13.9. The van der Waals surface area contributed by atoms with Crippen molar-refractivity contribution in [3.63, 3.8) is 0 Å². The standard InChI is InChI=1S/C28H27F2N3O3/c1-28(16-21-18-32-25-10-6-5-9-23(21)25,26(34)31-14-13-19-7-3-2-4-8-19)36-27(35)33-17-20-11-12-22(29)15-24(20)30/h2-12,15,18,32H,13-14,16-17H2,1H3,(H,31,34)(H,33,35)/t28-/m0/s1. The van der Waals surface area contributed by atoms with Gasteiger partial charge in [0.2, 0.25) is 0 Å². The van der Waals surface area contributed by atoms with Crippen molar-refractivity contribution in [2.45, 2.75) is 31.9 Å². The van der Waals surface area contributed by atoms with Crippen molar-refractivity contribution in [2.24, 2.45) is 0 Å². The van der Waals surface area contributed by atoms with Gasteiger partial charge in [0.15, 0.2) is 5.60 Å². The summed E-state index contributed by atoms with van der Waals surface area (Å²) in [5.74, 6) is -1.94. The maximum absolute atomic E-state index is 13.9. The zero-order valence-electron chi connectivity index (χ0n) is 19.8. The summed E-state index contributed by atoms with van der Waals surface area (Å²) < 4.78 is 32.7. The van der Waals surface area contributed by atoms with E-state index in [1.54, 1.807) is 13.1 Å². The monoisotopic (exact) mass is 491 g/mol. The van der Waals surface area contributed by atoms with Gasteiger partial charge >= 0.3 is 6.09 Å². The molecule has 1 atom stereocenters. The number of aromatic nitrogens is 1. The summed E-state index contributed by atoms with van der Waals surface area (Å²) in [7, 11) is 0. The van der Waals surface area contributed by atoms with Gasteiger partial charge in [0, 0.05) is 48.2 Å². The predicted molar refractivity (Wildman–Crippen MR) is 133 cm³/mol. The van der Waals surface area contributed by atoms with Crippen molar-refractivity contribution in [1.29, 1.82) is 0 Å². The number of nitrogens with one attached hydrogen (secondary N) is 3. The molecule has 4 rings (SSSR count). The predicted octanol–water partition coefficient (Wildman–Crippen LogP) is 5.03. The molecule has 1 aromatic heterocycles. The lowest BCUT2D eigenvalue weighted by molar-refractivity contribution is -0.138. The zero-order valence-corrected chi connectivity index (χ0v) is 19.8. The Morgan fingerprint density at radius 1 is 0.944 bits per heavy atom. The van der Waals surface area contributed by atoms with E-state index < -0.39 is 29.2 Å². The van der Waals surface area contributed by atoms with Crippen molar-refractivity contribution in [2.75, 3.05) is 6.54 Å². The van der Waals surface area contributed by atoms with E-state index in [0.717, 1.165) is 34.2 Å². The Labute approximate surface area is 207 Å². The van der Waals surface area contributed by atoms with Crippen LogP contribution in [0.4, 0.5) is 13.6 Å². The number of ether oxygens (including phenoxy) is 1. The Bertz CT molecular complexity index is 1360. The molecule has 3 N–H and O–H groups in total. The number of carbonyl (C=O) groups excluding carboxylic acids is 2. The number of aromatic amines is 1. The minimum Gasteiger partial charge on any atom is -0.433 e. The number of H-pyrrole nitrogens is 1. The van der Waals surface area contributed by atoms with Crippen LogP contribution < -0.4 is 10.6 Å². The van der Waals surface area contributed by atoms with Gasteiger partial charge in [-0.1, -0.05) is 54.6 Å². The molecule has 2 amide bonds. The fourth-order valence-corrected chi connectivity index (χ4v) is 4.03. The quantitative estimate of drug-likeness (QED) is 0.307. The number of alkyl carbamates (subject to hydrolysis) is 1. The van der Waals surface area contributed by atoms with Crippen molar-refractivity contribution in [1.82, 2.24) is 15.6 Å². The fraction of sp³-hybridized carbons (Fsp3) is 0.214. The van der Waals surface area contributed by atoms with Crippen LogP contribution in [-0.4, -0.2) is 29.1 Å². The molecule has 0 unspecified atom stereocenters. The molecule has 0 bridgehead atoms. The van der Waals surface area contributed by atoms with Crippen molar-refractivity contribution in [3.8, 4) is 0 Å². The lowest BCUT2D eigenvalue weighted by Gasteiger charge is -2.28. The molecule has 0 aliphatic rings. The molecule has 0 aliphatic heterocycles. The van der Waals surface area contributed by atoms with Crippen molar-refractivity contribution >= 4 is 22.9 Å². The van der Waals surface area contributed by atoms with E-state index in [4.69, 9.17) is 4.74 Å². The van der Waals surface area contributed by atoms with Gasteiger partial charge in [-0.05, 0) is 36.6 Å². The number of fused-ring (bicyclic) bond motifs is 1. The Kier molecular flexibility index (Phi) is 7.63. The highest BCUT2D eigenvalue weighted by molar-refractivity contribution is 5.89. The van der Waals surface area contributed by atoms with Crippen LogP contribution in [0.15, 0.2) is 79.0 Å². The summed E-state index contributed by atoms with van der Waals surface area (Å²) >= 11 is 0. The Morgan fingerprint density at radius 2 is 1.69 bits per heavy atom. The maximum Gasteiger partial charge on any atom is 0.408 e. The average Bonchev–Trinajstić information content (AvgIpc) is 3.26. The first-order valence-electron chi connectivity index (χ1n) is 11.6. The number of para-hydroxylation sites is 1. The topological polar surface area (TPSA) is 83.2 Å². The van der Waals surface area contributed by atoms with Gasteiger partial charge in [0.1, 0.15) is 11.6 Å². The molecule has 3 aromatic carbocycles. The molecule has 0 saturated carbocycles. The average molecular weight is 492 g/mol. The summed E-state index contributed by atoms with van der Waals surface area (Å²) in [5.41, 5.74) is 1.32. The molecule has 6 nitrogen and oxygen atoms in total. The number of carbonyl (C=O) groups is 2. The smallest absolute Gasteiger partial charge is 0.408 e. The summed E-state index contributed by atoms with van der Waals surface area (Å²) in [6.07, 6.45) is 1.63. The van der Waals surface area contributed by atoms with Gasteiger partial charge in [0.25, 0.3) is 5.91 Å². The molecular formula is C28H27F2N3O3. The minimum atomic E-state index is -1.55. The van der Waals surface area contributed by atoms with Crippen LogP contribution in [-0.2, 0) is 28.9 Å². The lowest BCUT2D eigenvalue weighted by Crippen LogP contribution is -2.51. The Hall–Kier alpha value is -4.20. The van der Waals surface area contributed by atoms with Gasteiger partial charge in [-0.25, -0.2) is 13.6 Å². The van der Waals surface area contributed by atoms with Gasteiger partial charge in [-0.15, -0.1) is 0 Å². The van der Waals surface area contributed by atoms with Gasteiger partial charge in [0.05, 0.1) is 0 Å². The first-order valence-corrected chi connectivity index (χ1v) is 11.6. The lowest BCUT2D eigenvalue weighted by atomic mass is 9.94. The Morgan fingerprint density at radius 3 is 2.47 bits per heavy atom. The first kappa shape index (κ1) is 24.9. The molecule has 0 spiro atoms.